The minimum atomic E-state index is -0.276. The molecule has 3 N–H and O–H groups in total. The van der Waals surface area contributed by atoms with Gasteiger partial charge < -0.3 is 20.9 Å². The summed E-state index contributed by atoms with van der Waals surface area (Å²) in [7, 11) is 0. The van der Waals surface area contributed by atoms with Gasteiger partial charge in [0.1, 0.15) is 5.69 Å². The third-order valence-corrected chi connectivity index (χ3v) is 7.08. The summed E-state index contributed by atoms with van der Waals surface area (Å²) in [5.74, 6) is -0.393. The summed E-state index contributed by atoms with van der Waals surface area (Å²) in [6.07, 6.45) is 1.28. The van der Waals surface area contributed by atoms with Gasteiger partial charge in [0.25, 0.3) is 5.91 Å². The number of primary amides is 1. The molecule has 9 nitrogen and oxygen atoms in total. The Morgan fingerprint density at radius 1 is 1.00 bits per heavy atom. The molecule has 3 heterocycles. The number of likely N-dealkylation sites (tertiary alicyclic amines) is 1. The van der Waals surface area contributed by atoms with Crippen LogP contribution in [-0.4, -0.2) is 83.2 Å². The highest BCUT2D eigenvalue weighted by Gasteiger charge is 2.29. The number of nitrogens with one attached hydrogen (secondary N) is 1. The van der Waals surface area contributed by atoms with Crippen molar-refractivity contribution in [1.29, 1.82) is 0 Å². The number of hydrogen-bond acceptors (Lipinski definition) is 7. The van der Waals surface area contributed by atoms with Crippen LogP contribution in [0, 0.1) is 5.92 Å². The predicted molar refractivity (Wildman–Crippen MR) is 127 cm³/mol. The Morgan fingerprint density at radius 3 is 2.36 bits per heavy atom. The number of carbonyl (C=O) groups is 3. The Morgan fingerprint density at radius 2 is 1.70 bits per heavy atom. The molecule has 2 fully saturated rings. The summed E-state index contributed by atoms with van der Waals surface area (Å²) in [5, 5.41) is 5.79. The fraction of sp³-hybridized carbons (Fsp3) is 0.478. The summed E-state index contributed by atoms with van der Waals surface area (Å²) >= 11 is 1.43. The van der Waals surface area contributed by atoms with Gasteiger partial charge >= 0.3 is 0 Å². The molecule has 176 valence electrons. The van der Waals surface area contributed by atoms with Crippen molar-refractivity contribution in [1.82, 2.24) is 19.7 Å². The molecule has 2 saturated heterocycles. The van der Waals surface area contributed by atoms with Gasteiger partial charge in [0.15, 0.2) is 5.13 Å². The van der Waals surface area contributed by atoms with Crippen LogP contribution in [-0.2, 0) is 16.1 Å². The van der Waals surface area contributed by atoms with E-state index in [-0.39, 0.29) is 23.6 Å². The lowest BCUT2D eigenvalue weighted by molar-refractivity contribution is -0.136. The Kier molecular flexibility index (Phi) is 7.56. The van der Waals surface area contributed by atoms with E-state index in [0.29, 0.717) is 70.9 Å². The average Bonchev–Trinajstić information content (AvgIpc) is 3.32. The zero-order valence-electron chi connectivity index (χ0n) is 18.6. The number of piperazine rings is 1. The summed E-state index contributed by atoms with van der Waals surface area (Å²) in [5.41, 5.74) is 6.98. The molecule has 1 aromatic heterocycles. The van der Waals surface area contributed by atoms with Crippen LogP contribution in [0.25, 0.3) is 0 Å². The standard InChI is InChI=1S/C23H30N6O3S/c24-21(31)18-6-8-28(9-7-18)20(30)15-27-10-12-29(13-11-27)22(32)19-16-33-23(26-19)25-14-17-4-2-1-3-5-17/h1-5,16,18H,6-15H2,(H2,24,31)(H,25,26). The molecule has 0 unspecified atom stereocenters. The van der Waals surface area contributed by atoms with Crippen molar-refractivity contribution in [3.05, 3.63) is 47.0 Å². The van der Waals surface area contributed by atoms with Gasteiger partial charge in [-0.2, -0.15) is 0 Å². The van der Waals surface area contributed by atoms with Crippen molar-refractivity contribution in [2.75, 3.05) is 51.1 Å². The molecule has 2 aliphatic heterocycles. The van der Waals surface area contributed by atoms with Crippen LogP contribution in [0.15, 0.2) is 35.7 Å². The highest BCUT2D eigenvalue weighted by Crippen LogP contribution is 2.19. The zero-order chi connectivity index (χ0) is 23.2. The third kappa shape index (κ3) is 6.08. The fourth-order valence-electron chi connectivity index (χ4n) is 4.20. The number of nitrogens with zero attached hydrogens (tertiary/aromatic N) is 4. The number of hydrogen-bond donors (Lipinski definition) is 2. The smallest absolute Gasteiger partial charge is 0.273 e. The topological polar surface area (TPSA) is 112 Å². The van der Waals surface area contributed by atoms with Crippen LogP contribution < -0.4 is 11.1 Å². The maximum absolute atomic E-state index is 12.9. The van der Waals surface area contributed by atoms with Crippen molar-refractivity contribution < 1.29 is 14.4 Å². The molecule has 0 atom stereocenters. The van der Waals surface area contributed by atoms with Gasteiger partial charge in [-0.3, -0.25) is 19.3 Å². The van der Waals surface area contributed by atoms with Crippen LogP contribution in [0.1, 0.15) is 28.9 Å². The molecule has 10 heteroatoms. The predicted octanol–water partition coefficient (Wildman–Crippen LogP) is 1.24. The number of thiazole rings is 1. The van der Waals surface area contributed by atoms with E-state index >= 15 is 0 Å². The van der Waals surface area contributed by atoms with Gasteiger partial charge in [0.2, 0.25) is 11.8 Å². The Bertz CT molecular complexity index is 966. The van der Waals surface area contributed by atoms with E-state index in [1.807, 2.05) is 35.2 Å². The monoisotopic (exact) mass is 470 g/mol. The summed E-state index contributed by atoms with van der Waals surface area (Å²) in [4.78, 5) is 46.9. The second-order valence-electron chi connectivity index (χ2n) is 8.50. The SMILES string of the molecule is NC(=O)C1CCN(C(=O)CN2CCN(C(=O)c3csc(NCc4ccccc4)n3)CC2)CC1. The molecule has 33 heavy (non-hydrogen) atoms. The quantitative estimate of drug-likeness (QED) is 0.630. The first-order chi connectivity index (χ1) is 16.0. The summed E-state index contributed by atoms with van der Waals surface area (Å²) in [6.45, 7) is 4.60. The summed E-state index contributed by atoms with van der Waals surface area (Å²) < 4.78 is 0. The number of amides is 3. The Hall–Kier alpha value is -2.98. The molecule has 4 rings (SSSR count). The molecular weight excluding hydrogens is 440 g/mol. The second-order valence-corrected chi connectivity index (χ2v) is 9.36. The van der Waals surface area contributed by atoms with Crippen molar-refractivity contribution in [3.8, 4) is 0 Å². The van der Waals surface area contributed by atoms with Crippen LogP contribution in [0.4, 0.5) is 5.13 Å². The number of piperidine rings is 1. The lowest BCUT2D eigenvalue weighted by Crippen LogP contribution is -2.52. The van der Waals surface area contributed by atoms with E-state index in [1.54, 1.807) is 10.3 Å². The highest BCUT2D eigenvalue weighted by molar-refractivity contribution is 7.13. The average molecular weight is 471 g/mol. The number of benzene rings is 1. The molecule has 0 radical (unpaired) electrons. The lowest BCUT2D eigenvalue weighted by Gasteiger charge is -2.36. The van der Waals surface area contributed by atoms with Gasteiger partial charge in [0.05, 0.1) is 6.54 Å². The summed E-state index contributed by atoms with van der Waals surface area (Å²) in [6, 6.07) is 10.0. The minimum Gasteiger partial charge on any atom is -0.369 e. The van der Waals surface area contributed by atoms with Crippen LogP contribution >= 0.6 is 11.3 Å². The molecule has 0 aliphatic carbocycles. The molecule has 1 aromatic carbocycles. The van der Waals surface area contributed by atoms with Crippen molar-refractivity contribution in [2.24, 2.45) is 11.7 Å². The highest BCUT2D eigenvalue weighted by atomic mass is 32.1. The fourth-order valence-corrected chi connectivity index (χ4v) is 4.89. The van der Waals surface area contributed by atoms with E-state index in [9.17, 15) is 14.4 Å². The Labute approximate surface area is 197 Å². The zero-order valence-corrected chi connectivity index (χ0v) is 19.4. The second kappa shape index (κ2) is 10.8. The van der Waals surface area contributed by atoms with E-state index in [4.69, 9.17) is 5.73 Å². The first-order valence-electron chi connectivity index (χ1n) is 11.3. The maximum Gasteiger partial charge on any atom is 0.273 e. The van der Waals surface area contributed by atoms with E-state index in [0.717, 1.165) is 10.7 Å². The molecule has 0 saturated carbocycles. The van der Waals surface area contributed by atoms with Crippen LogP contribution in [0.2, 0.25) is 0 Å². The molecular formula is C23H30N6O3S. The largest absolute Gasteiger partial charge is 0.369 e. The molecule has 3 amide bonds. The van der Waals surface area contributed by atoms with Crippen molar-refractivity contribution >= 4 is 34.2 Å². The molecule has 2 aromatic rings. The van der Waals surface area contributed by atoms with Gasteiger partial charge in [-0.05, 0) is 18.4 Å². The normalized spacial score (nSPS) is 17.7. The lowest BCUT2D eigenvalue weighted by atomic mass is 9.96. The van der Waals surface area contributed by atoms with E-state index in [1.165, 1.54) is 11.3 Å². The number of anilines is 1. The van der Waals surface area contributed by atoms with E-state index in [2.05, 4.69) is 15.2 Å². The first kappa shape index (κ1) is 23.2. The van der Waals surface area contributed by atoms with Gasteiger partial charge in [-0.15, -0.1) is 11.3 Å². The minimum absolute atomic E-state index is 0.0708. The van der Waals surface area contributed by atoms with Crippen molar-refractivity contribution in [3.63, 3.8) is 0 Å². The van der Waals surface area contributed by atoms with Gasteiger partial charge in [-0.1, -0.05) is 30.3 Å². The third-order valence-electron chi connectivity index (χ3n) is 6.28. The van der Waals surface area contributed by atoms with Gasteiger partial charge in [-0.25, -0.2) is 4.98 Å². The molecule has 2 aliphatic rings. The maximum atomic E-state index is 12.9. The number of carbonyl (C=O) groups excluding carboxylic acids is 3. The van der Waals surface area contributed by atoms with Gasteiger partial charge in [0, 0.05) is 57.1 Å². The number of nitrogens with two attached hydrogens (primary N) is 1. The first-order valence-corrected chi connectivity index (χ1v) is 12.2. The molecule has 0 spiro atoms. The number of aromatic nitrogens is 1. The molecule has 0 bridgehead atoms. The van der Waals surface area contributed by atoms with Crippen LogP contribution in [0.3, 0.4) is 0 Å². The number of rotatable bonds is 7. The van der Waals surface area contributed by atoms with E-state index < -0.39 is 0 Å². The van der Waals surface area contributed by atoms with Crippen LogP contribution in [0.5, 0.6) is 0 Å². The Balaban J connectivity index is 1.20. The van der Waals surface area contributed by atoms with Crippen molar-refractivity contribution in [2.45, 2.75) is 19.4 Å².